The van der Waals surface area contributed by atoms with Crippen molar-refractivity contribution in [3.63, 3.8) is 0 Å². The Morgan fingerprint density at radius 3 is 2.65 bits per heavy atom. The number of halogens is 1. The number of aryl methyl sites for hydroxylation is 1. The molecule has 7 heteroatoms. The van der Waals surface area contributed by atoms with Gasteiger partial charge >= 0.3 is 10.1 Å². The molecule has 23 heavy (non-hydrogen) atoms. The lowest BCUT2D eigenvalue weighted by Crippen LogP contribution is -2.17. The number of nitrogens with zero attached hydrogens (tertiary/aromatic N) is 1. The number of ether oxygens (including phenoxy) is 1. The Balaban J connectivity index is 1.88. The second kappa shape index (κ2) is 6.33. The van der Waals surface area contributed by atoms with Crippen LogP contribution in [0.1, 0.15) is 17.5 Å². The topological polar surface area (TPSA) is 65.0 Å². The van der Waals surface area contributed by atoms with Gasteiger partial charge < -0.3 is 4.74 Å². The zero-order valence-corrected chi connectivity index (χ0v) is 14.7. The molecule has 3 rings (SSSR count). The van der Waals surface area contributed by atoms with E-state index in [1.54, 1.807) is 12.1 Å². The van der Waals surface area contributed by atoms with Crippen LogP contribution in [0.3, 0.4) is 0 Å². The van der Waals surface area contributed by atoms with Crippen molar-refractivity contribution in [1.29, 1.82) is 0 Å². The van der Waals surface area contributed by atoms with Crippen LogP contribution in [0, 0.1) is 6.92 Å². The molecule has 2 aromatic carbocycles. The van der Waals surface area contributed by atoms with E-state index >= 15 is 0 Å². The van der Waals surface area contributed by atoms with Gasteiger partial charge in [-0.05, 0) is 37.3 Å². The average Bonchev–Trinajstić information content (AvgIpc) is 2.53. The van der Waals surface area contributed by atoms with Gasteiger partial charge in [0.2, 0.25) is 0 Å². The standard InChI is InChI=1S/C16H14BrNO4S/c1-11-2-5-13(6-3-11)23(19,20)22-18-15-8-9-21-16-10-12(17)4-7-14(15)16/h2-7,10H,8-9H2,1H3/b18-15+. The van der Waals surface area contributed by atoms with Gasteiger partial charge in [0.1, 0.15) is 10.6 Å². The molecule has 120 valence electrons. The zero-order valence-electron chi connectivity index (χ0n) is 12.3. The van der Waals surface area contributed by atoms with Crippen LogP contribution in [0.4, 0.5) is 0 Å². The molecule has 0 aliphatic carbocycles. The molecule has 0 spiro atoms. The van der Waals surface area contributed by atoms with Crippen molar-refractivity contribution in [1.82, 2.24) is 0 Å². The number of hydrogen-bond donors (Lipinski definition) is 0. The highest BCUT2D eigenvalue weighted by molar-refractivity contribution is 9.10. The van der Waals surface area contributed by atoms with Crippen molar-refractivity contribution in [2.75, 3.05) is 6.61 Å². The van der Waals surface area contributed by atoms with Crippen LogP contribution in [0.15, 0.2) is 57.0 Å². The minimum atomic E-state index is -3.92. The van der Waals surface area contributed by atoms with Crippen LogP contribution in [0.5, 0.6) is 5.75 Å². The maximum Gasteiger partial charge on any atom is 0.358 e. The number of oxime groups is 1. The lowest BCUT2D eigenvalue weighted by Gasteiger charge is -2.18. The predicted octanol–water partition coefficient (Wildman–Crippen LogP) is 3.65. The van der Waals surface area contributed by atoms with Gasteiger partial charge in [-0.3, -0.25) is 4.28 Å². The Morgan fingerprint density at radius 1 is 1.17 bits per heavy atom. The second-order valence-electron chi connectivity index (χ2n) is 5.12. The summed E-state index contributed by atoms with van der Waals surface area (Å²) in [4.78, 5) is 0.0792. The Morgan fingerprint density at radius 2 is 1.91 bits per heavy atom. The van der Waals surface area contributed by atoms with Gasteiger partial charge in [-0.25, -0.2) is 0 Å². The fraction of sp³-hybridized carbons (Fsp3) is 0.188. The monoisotopic (exact) mass is 395 g/mol. The Hall–Kier alpha value is -1.86. The summed E-state index contributed by atoms with van der Waals surface area (Å²) < 4.78 is 35.7. The van der Waals surface area contributed by atoms with Crippen LogP contribution in [0.25, 0.3) is 0 Å². The minimum Gasteiger partial charge on any atom is -0.492 e. The summed E-state index contributed by atoms with van der Waals surface area (Å²) in [5.41, 5.74) is 2.26. The van der Waals surface area contributed by atoms with E-state index in [1.165, 1.54) is 12.1 Å². The normalized spacial score (nSPS) is 15.8. The number of hydrogen-bond acceptors (Lipinski definition) is 5. The molecule has 1 aliphatic rings. The maximum absolute atomic E-state index is 12.2. The average molecular weight is 396 g/mol. The van der Waals surface area contributed by atoms with Crippen LogP contribution in [-0.4, -0.2) is 20.7 Å². The predicted molar refractivity (Wildman–Crippen MR) is 90.2 cm³/mol. The molecule has 0 saturated carbocycles. The summed E-state index contributed by atoms with van der Waals surface area (Å²) in [5, 5.41) is 3.86. The lowest BCUT2D eigenvalue weighted by molar-refractivity contribution is 0.308. The fourth-order valence-corrected chi connectivity index (χ4v) is 3.27. The molecule has 0 N–H and O–H groups in total. The zero-order chi connectivity index (χ0) is 16.4. The van der Waals surface area contributed by atoms with Crippen LogP contribution in [-0.2, 0) is 14.4 Å². The Labute approximate surface area is 143 Å². The van der Waals surface area contributed by atoms with E-state index in [9.17, 15) is 8.42 Å². The summed E-state index contributed by atoms with van der Waals surface area (Å²) in [7, 11) is -3.92. The summed E-state index contributed by atoms with van der Waals surface area (Å²) in [6.45, 7) is 2.31. The van der Waals surface area contributed by atoms with E-state index in [0.717, 1.165) is 15.6 Å². The van der Waals surface area contributed by atoms with E-state index in [-0.39, 0.29) is 4.90 Å². The number of benzene rings is 2. The highest BCUT2D eigenvalue weighted by atomic mass is 79.9. The lowest BCUT2D eigenvalue weighted by atomic mass is 10.0. The first kappa shape index (κ1) is 16.0. The van der Waals surface area contributed by atoms with E-state index in [0.29, 0.717) is 24.5 Å². The number of rotatable bonds is 3. The molecule has 1 aliphatic heterocycles. The molecular formula is C16H14BrNO4S. The van der Waals surface area contributed by atoms with Crippen molar-refractivity contribution in [3.8, 4) is 5.75 Å². The highest BCUT2D eigenvalue weighted by Gasteiger charge is 2.20. The Kier molecular flexibility index (Phi) is 4.41. The van der Waals surface area contributed by atoms with Gasteiger partial charge in [-0.1, -0.05) is 38.8 Å². The van der Waals surface area contributed by atoms with Crippen molar-refractivity contribution < 1.29 is 17.4 Å². The molecule has 0 amide bonds. The van der Waals surface area contributed by atoms with Crippen LogP contribution in [0.2, 0.25) is 0 Å². The summed E-state index contributed by atoms with van der Waals surface area (Å²) in [6, 6.07) is 11.9. The molecule has 5 nitrogen and oxygen atoms in total. The largest absolute Gasteiger partial charge is 0.492 e. The highest BCUT2D eigenvalue weighted by Crippen LogP contribution is 2.29. The second-order valence-corrected chi connectivity index (χ2v) is 7.56. The van der Waals surface area contributed by atoms with E-state index in [4.69, 9.17) is 9.02 Å². The van der Waals surface area contributed by atoms with Gasteiger partial charge in [0, 0.05) is 16.5 Å². The molecule has 1 heterocycles. The van der Waals surface area contributed by atoms with Gasteiger partial charge in [0.05, 0.1) is 12.3 Å². The van der Waals surface area contributed by atoms with Gasteiger partial charge in [-0.15, -0.1) is 0 Å². The molecule has 0 atom stereocenters. The molecule has 0 unspecified atom stereocenters. The quantitative estimate of drug-likeness (QED) is 0.743. The van der Waals surface area contributed by atoms with Crippen molar-refractivity contribution >= 4 is 31.8 Å². The van der Waals surface area contributed by atoms with Gasteiger partial charge in [-0.2, -0.15) is 8.42 Å². The van der Waals surface area contributed by atoms with E-state index in [2.05, 4.69) is 21.1 Å². The minimum absolute atomic E-state index is 0.0792. The molecule has 0 aromatic heterocycles. The number of fused-ring (bicyclic) bond motifs is 1. The third-order valence-electron chi connectivity index (χ3n) is 3.41. The molecule has 0 saturated heterocycles. The molecule has 0 radical (unpaired) electrons. The molecule has 0 fully saturated rings. The smallest absolute Gasteiger partial charge is 0.358 e. The first-order valence-corrected chi connectivity index (χ1v) is 9.16. The SMILES string of the molecule is Cc1ccc(S(=O)(=O)O/N=C2\CCOc3cc(Br)ccc32)cc1. The van der Waals surface area contributed by atoms with Crippen LogP contribution >= 0.6 is 15.9 Å². The summed E-state index contributed by atoms with van der Waals surface area (Å²) >= 11 is 3.37. The van der Waals surface area contributed by atoms with E-state index < -0.39 is 10.1 Å². The van der Waals surface area contributed by atoms with Crippen LogP contribution < -0.4 is 4.74 Å². The van der Waals surface area contributed by atoms with Gasteiger partial charge in [0.25, 0.3) is 0 Å². The molecular weight excluding hydrogens is 382 g/mol. The summed E-state index contributed by atoms with van der Waals surface area (Å²) in [5.74, 6) is 0.653. The first-order chi connectivity index (χ1) is 11.0. The fourth-order valence-electron chi connectivity index (χ4n) is 2.18. The van der Waals surface area contributed by atoms with Gasteiger partial charge in [0.15, 0.2) is 0 Å². The molecule has 2 aromatic rings. The Bertz CT molecular complexity index is 860. The van der Waals surface area contributed by atoms with Crippen molar-refractivity contribution in [2.24, 2.45) is 5.16 Å². The maximum atomic E-state index is 12.2. The third-order valence-corrected chi connectivity index (χ3v) is 5.02. The molecule has 0 bridgehead atoms. The summed E-state index contributed by atoms with van der Waals surface area (Å²) in [6.07, 6.45) is 0.484. The van der Waals surface area contributed by atoms with Crippen molar-refractivity contribution in [2.45, 2.75) is 18.2 Å². The first-order valence-electron chi connectivity index (χ1n) is 6.96. The van der Waals surface area contributed by atoms with E-state index in [1.807, 2.05) is 25.1 Å². The third kappa shape index (κ3) is 3.56. The van der Waals surface area contributed by atoms with Crippen molar-refractivity contribution in [3.05, 3.63) is 58.1 Å².